The van der Waals surface area contributed by atoms with Crippen LogP contribution < -0.4 is 5.73 Å². The Kier molecular flexibility index (Phi) is 2.11. The van der Waals surface area contributed by atoms with Gasteiger partial charge in [-0.15, -0.1) is 0 Å². The third-order valence-corrected chi connectivity index (χ3v) is 5.34. The van der Waals surface area contributed by atoms with Gasteiger partial charge in [-0.1, -0.05) is 27.7 Å². The number of anilines is 1. The van der Waals surface area contributed by atoms with Crippen molar-refractivity contribution in [1.82, 2.24) is 9.55 Å². The molecule has 0 spiro atoms. The zero-order valence-corrected chi connectivity index (χ0v) is 11.6. The van der Waals surface area contributed by atoms with Crippen molar-refractivity contribution in [3.05, 3.63) is 24.5 Å². The summed E-state index contributed by atoms with van der Waals surface area (Å²) in [5.74, 6) is 0.708. The van der Waals surface area contributed by atoms with E-state index in [1.807, 2.05) is 18.5 Å². The molecule has 0 bridgehead atoms. The van der Waals surface area contributed by atoms with E-state index in [2.05, 4.69) is 43.3 Å². The molecule has 96 valence electrons. The highest BCUT2D eigenvalue weighted by Crippen LogP contribution is 2.68. The number of fused-ring (bicyclic) bond motifs is 1. The molecule has 1 fully saturated rings. The van der Waals surface area contributed by atoms with Gasteiger partial charge < -0.3 is 10.3 Å². The van der Waals surface area contributed by atoms with E-state index < -0.39 is 0 Å². The molecule has 1 aromatic carbocycles. The van der Waals surface area contributed by atoms with Gasteiger partial charge in [-0.25, -0.2) is 4.98 Å². The number of hydrogen-bond acceptors (Lipinski definition) is 2. The molecule has 1 aliphatic rings. The van der Waals surface area contributed by atoms with E-state index in [9.17, 15) is 0 Å². The molecule has 0 radical (unpaired) electrons. The molecule has 1 heterocycles. The fourth-order valence-electron chi connectivity index (χ4n) is 3.21. The number of nitrogen functional groups attached to an aromatic ring is 1. The normalized spacial score (nSPS) is 21.3. The fraction of sp³-hybridized carbons (Fsp3) is 0.533. The Morgan fingerprint density at radius 3 is 2.50 bits per heavy atom. The Morgan fingerprint density at radius 1 is 1.22 bits per heavy atom. The summed E-state index contributed by atoms with van der Waals surface area (Å²) >= 11 is 0. The van der Waals surface area contributed by atoms with Crippen molar-refractivity contribution in [3.8, 4) is 0 Å². The van der Waals surface area contributed by atoms with Crippen LogP contribution in [0.2, 0.25) is 0 Å². The summed E-state index contributed by atoms with van der Waals surface area (Å²) in [6, 6.07) is 5.96. The molecule has 3 heteroatoms. The maximum atomic E-state index is 5.78. The molecule has 0 atom stereocenters. The van der Waals surface area contributed by atoms with E-state index in [0.29, 0.717) is 16.7 Å². The van der Waals surface area contributed by atoms with Crippen molar-refractivity contribution >= 4 is 16.7 Å². The third-order valence-electron chi connectivity index (χ3n) is 5.34. The minimum absolute atomic E-state index is 0.414. The lowest BCUT2D eigenvalue weighted by Gasteiger charge is -2.06. The second-order valence-electron chi connectivity index (χ2n) is 6.64. The molecule has 3 nitrogen and oxygen atoms in total. The van der Waals surface area contributed by atoms with Crippen LogP contribution in [0.25, 0.3) is 11.0 Å². The first-order valence-electron chi connectivity index (χ1n) is 6.54. The summed E-state index contributed by atoms with van der Waals surface area (Å²) in [5, 5.41) is 0. The van der Waals surface area contributed by atoms with E-state index in [4.69, 9.17) is 5.73 Å². The Bertz CT molecular complexity index is 593. The van der Waals surface area contributed by atoms with Gasteiger partial charge in [-0.3, -0.25) is 0 Å². The highest BCUT2D eigenvalue weighted by Gasteiger charge is 2.64. The monoisotopic (exact) mass is 243 g/mol. The lowest BCUT2D eigenvalue weighted by atomic mass is 10.0. The zero-order valence-electron chi connectivity index (χ0n) is 11.6. The number of hydrogen-bond donors (Lipinski definition) is 1. The predicted octanol–water partition coefficient (Wildman–Crippen LogP) is 3.30. The molecule has 3 rings (SSSR count). The van der Waals surface area contributed by atoms with Crippen LogP contribution in [0.4, 0.5) is 5.69 Å². The molecule has 18 heavy (non-hydrogen) atoms. The first kappa shape index (κ1) is 11.6. The van der Waals surface area contributed by atoms with E-state index in [1.54, 1.807) is 0 Å². The molecule has 0 unspecified atom stereocenters. The van der Waals surface area contributed by atoms with Crippen molar-refractivity contribution in [2.24, 2.45) is 16.7 Å². The van der Waals surface area contributed by atoms with Crippen LogP contribution in [0.15, 0.2) is 24.5 Å². The molecule has 2 aromatic rings. The van der Waals surface area contributed by atoms with E-state index >= 15 is 0 Å². The SMILES string of the molecule is CC1(C)C(Cn2cnc3cc(N)ccc32)C1(C)C. The molecule has 1 saturated carbocycles. The van der Waals surface area contributed by atoms with Gasteiger partial charge in [0.2, 0.25) is 0 Å². The average molecular weight is 243 g/mol. The first-order valence-corrected chi connectivity index (χ1v) is 6.54. The minimum Gasteiger partial charge on any atom is -0.399 e. The Morgan fingerprint density at radius 2 is 1.89 bits per heavy atom. The summed E-state index contributed by atoms with van der Waals surface area (Å²) in [4.78, 5) is 4.44. The highest BCUT2D eigenvalue weighted by molar-refractivity contribution is 5.78. The van der Waals surface area contributed by atoms with Gasteiger partial charge in [-0.05, 0) is 34.9 Å². The van der Waals surface area contributed by atoms with Crippen LogP contribution in [-0.2, 0) is 6.54 Å². The summed E-state index contributed by atoms with van der Waals surface area (Å²) in [6.07, 6.45) is 1.94. The fourth-order valence-corrected chi connectivity index (χ4v) is 3.21. The second kappa shape index (κ2) is 3.28. The summed E-state index contributed by atoms with van der Waals surface area (Å²) in [7, 11) is 0. The van der Waals surface area contributed by atoms with Crippen molar-refractivity contribution in [2.45, 2.75) is 34.2 Å². The maximum Gasteiger partial charge on any atom is 0.0958 e. The van der Waals surface area contributed by atoms with Crippen LogP contribution in [0, 0.1) is 16.7 Å². The summed E-state index contributed by atoms with van der Waals surface area (Å²) in [5.41, 5.74) is 9.56. The summed E-state index contributed by atoms with van der Waals surface area (Å²) < 4.78 is 2.26. The number of nitrogens with two attached hydrogens (primary N) is 1. The molecule has 2 N–H and O–H groups in total. The molecule has 0 amide bonds. The quantitative estimate of drug-likeness (QED) is 0.822. The van der Waals surface area contributed by atoms with Gasteiger partial charge in [0.25, 0.3) is 0 Å². The topological polar surface area (TPSA) is 43.8 Å². The van der Waals surface area contributed by atoms with Gasteiger partial charge in [-0.2, -0.15) is 0 Å². The molecule has 1 aliphatic carbocycles. The van der Waals surface area contributed by atoms with Crippen molar-refractivity contribution < 1.29 is 0 Å². The second-order valence-corrected chi connectivity index (χ2v) is 6.64. The van der Waals surface area contributed by atoms with E-state index in [0.717, 1.165) is 17.7 Å². The van der Waals surface area contributed by atoms with E-state index in [1.165, 1.54) is 5.52 Å². The minimum atomic E-state index is 0.414. The molecule has 0 aliphatic heterocycles. The van der Waals surface area contributed by atoms with Gasteiger partial charge in [0, 0.05) is 12.2 Å². The van der Waals surface area contributed by atoms with Gasteiger partial charge in [0.05, 0.1) is 17.4 Å². The summed E-state index contributed by atoms with van der Waals surface area (Å²) in [6.45, 7) is 10.5. The maximum absolute atomic E-state index is 5.78. The van der Waals surface area contributed by atoms with Crippen LogP contribution in [0.1, 0.15) is 27.7 Å². The number of nitrogens with zero attached hydrogens (tertiary/aromatic N) is 2. The lowest BCUT2D eigenvalue weighted by Crippen LogP contribution is -2.03. The number of rotatable bonds is 2. The van der Waals surface area contributed by atoms with E-state index in [-0.39, 0.29) is 0 Å². The smallest absolute Gasteiger partial charge is 0.0958 e. The number of benzene rings is 1. The Balaban J connectivity index is 1.93. The average Bonchev–Trinajstić information content (AvgIpc) is 2.64. The lowest BCUT2D eigenvalue weighted by molar-refractivity contribution is 0.457. The van der Waals surface area contributed by atoms with Gasteiger partial charge in [0.1, 0.15) is 0 Å². The van der Waals surface area contributed by atoms with Crippen LogP contribution in [-0.4, -0.2) is 9.55 Å². The highest BCUT2D eigenvalue weighted by atomic mass is 15.1. The third kappa shape index (κ3) is 1.39. The van der Waals surface area contributed by atoms with Gasteiger partial charge >= 0.3 is 0 Å². The molecular weight excluding hydrogens is 222 g/mol. The predicted molar refractivity (Wildman–Crippen MR) is 75.2 cm³/mol. The Labute approximate surface area is 108 Å². The molecule has 1 aromatic heterocycles. The Hall–Kier alpha value is -1.51. The van der Waals surface area contributed by atoms with Crippen LogP contribution in [0.5, 0.6) is 0 Å². The van der Waals surface area contributed by atoms with Crippen LogP contribution >= 0.6 is 0 Å². The number of imidazole rings is 1. The van der Waals surface area contributed by atoms with Crippen molar-refractivity contribution in [1.29, 1.82) is 0 Å². The van der Waals surface area contributed by atoms with Gasteiger partial charge in [0.15, 0.2) is 0 Å². The zero-order chi connectivity index (χ0) is 13.1. The molecule has 0 saturated heterocycles. The first-order chi connectivity index (χ1) is 8.34. The number of aromatic nitrogens is 2. The molecular formula is C15H21N3. The standard InChI is InChI=1S/C15H21N3/c1-14(2)13(15(14,3)4)8-18-9-17-11-7-10(16)5-6-12(11)18/h5-7,9,13H,8,16H2,1-4H3. The largest absolute Gasteiger partial charge is 0.399 e. The van der Waals surface area contributed by atoms with Crippen molar-refractivity contribution in [2.75, 3.05) is 5.73 Å². The van der Waals surface area contributed by atoms with Crippen molar-refractivity contribution in [3.63, 3.8) is 0 Å². The van der Waals surface area contributed by atoms with Crippen LogP contribution in [0.3, 0.4) is 0 Å².